The van der Waals surface area contributed by atoms with Crippen LogP contribution in [0.1, 0.15) is 43.0 Å². The average Bonchev–Trinajstić information content (AvgIpc) is 3.05. The molecule has 1 aliphatic rings. The highest BCUT2D eigenvalue weighted by molar-refractivity contribution is 14.1. The summed E-state index contributed by atoms with van der Waals surface area (Å²) in [5, 5.41) is 3.05. The number of hydrogen-bond donors (Lipinski definition) is 1. The van der Waals surface area contributed by atoms with Gasteiger partial charge in [0, 0.05) is 16.2 Å². The lowest BCUT2D eigenvalue weighted by molar-refractivity contribution is 0.0898. The highest BCUT2D eigenvalue weighted by Gasteiger charge is 2.19. The minimum absolute atomic E-state index is 0.0878. The standard InChI is InChI=1S/C17H24INO4/c1-11(6-7-12-5-4-8-23-12)19-17(20)13-9-15(21-2)16(22-3)10-14(13)18/h9-12H,4-8H2,1-3H3,(H,19,20). The Kier molecular flexibility index (Phi) is 6.95. The summed E-state index contributed by atoms with van der Waals surface area (Å²) in [7, 11) is 3.15. The molecule has 1 N–H and O–H groups in total. The molecule has 0 bridgehead atoms. The average molecular weight is 433 g/mol. The molecule has 0 radical (unpaired) electrons. The summed E-state index contributed by atoms with van der Waals surface area (Å²) < 4.78 is 17.0. The van der Waals surface area contributed by atoms with Crippen LogP contribution in [0.5, 0.6) is 11.5 Å². The summed E-state index contributed by atoms with van der Waals surface area (Å²) in [5.74, 6) is 1.10. The second kappa shape index (κ2) is 8.73. The minimum Gasteiger partial charge on any atom is -0.493 e. The van der Waals surface area contributed by atoms with Crippen LogP contribution < -0.4 is 14.8 Å². The maximum absolute atomic E-state index is 12.5. The Bertz CT molecular complexity index is 544. The smallest absolute Gasteiger partial charge is 0.252 e. The van der Waals surface area contributed by atoms with Gasteiger partial charge in [-0.25, -0.2) is 0 Å². The van der Waals surface area contributed by atoms with Gasteiger partial charge in [-0.05, 0) is 67.3 Å². The summed E-state index contributed by atoms with van der Waals surface area (Å²) in [4.78, 5) is 12.5. The first-order valence-corrected chi connectivity index (χ1v) is 8.97. The molecule has 128 valence electrons. The molecule has 5 nitrogen and oxygen atoms in total. The zero-order valence-corrected chi connectivity index (χ0v) is 16.0. The first kappa shape index (κ1) is 18.3. The van der Waals surface area contributed by atoms with Crippen LogP contribution in [0.4, 0.5) is 0 Å². The van der Waals surface area contributed by atoms with Gasteiger partial charge < -0.3 is 19.5 Å². The number of ether oxygens (including phenoxy) is 3. The fraction of sp³-hybridized carbons (Fsp3) is 0.588. The number of hydrogen-bond acceptors (Lipinski definition) is 4. The van der Waals surface area contributed by atoms with Crippen LogP contribution in [0, 0.1) is 3.57 Å². The predicted molar refractivity (Wildman–Crippen MR) is 97.4 cm³/mol. The van der Waals surface area contributed by atoms with Crippen LogP contribution in [-0.4, -0.2) is 38.9 Å². The van der Waals surface area contributed by atoms with E-state index in [-0.39, 0.29) is 11.9 Å². The molecule has 2 atom stereocenters. The largest absolute Gasteiger partial charge is 0.493 e. The van der Waals surface area contributed by atoms with Crippen molar-refractivity contribution in [2.75, 3.05) is 20.8 Å². The van der Waals surface area contributed by atoms with Crippen molar-refractivity contribution < 1.29 is 19.0 Å². The Morgan fingerprint density at radius 1 is 1.39 bits per heavy atom. The highest BCUT2D eigenvalue weighted by atomic mass is 127. The summed E-state index contributed by atoms with van der Waals surface area (Å²) in [6.07, 6.45) is 4.55. The number of rotatable bonds is 7. The number of benzene rings is 1. The molecule has 0 spiro atoms. The molecule has 1 aromatic carbocycles. The van der Waals surface area contributed by atoms with E-state index in [9.17, 15) is 4.79 Å². The summed E-state index contributed by atoms with van der Waals surface area (Å²) >= 11 is 2.14. The molecular weight excluding hydrogens is 409 g/mol. The van der Waals surface area contributed by atoms with E-state index in [4.69, 9.17) is 14.2 Å². The van der Waals surface area contributed by atoms with E-state index in [1.165, 1.54) is 0 Å². The van der Waals surface area contributed by atoms with E-state index < -0.39 is 0 Å². The number of carbonyl (C=O) groups is 1. The third-order valence-corrected chi connectivity index (χ3v) is 4.93. The third-order valence-electron chi connectivity index (χ3n) is 4.04. The Labute approximate surface area is 151 Å². The maximum atomic E-state index is 12.5. The van der Waals surface area contributed by atoms with Gasteiger partial charge in [0.2, 0.25) is 0 Å². The molecule has 1 heterocycles. The van der Waals surface area contributed by atoms with Crippen molar-refractivity contribution in [1.29, 1.82) is 0 Å². The quantitative estimate of drug-likeness (QED) is 0.670. The molecule has 0 aliphatic carbocycles. The fourth-order valence-electron chi connectivity index (χ4n) is 2.71. The molecule has 1 saturated heterocycles. The van der Waals surface area contributed by atoms with Crippen molar-refractivity contribution in [1.82, 2.24) is 5.32 Å². The van der Waals surface area contributed by atoms with E-state index in [1.807, 2.05) is 13.0 Å². The molecule has 1 fully saturated rings. The van der Waals surface area contributed by atoms with Crippen molar-refractivity contribution in [2.45, 2.75) is 44.8 Å². The monoisotopic (exact) mass is 433 g/mol. The van der Waals surface area contributed by atoms with Gasteiger partial charge in [-0.15, -0.1) is 0 Å². The molecule has 6 heteroatoms. The number of amides is 1. The number of nitrogens with one attached hydrogen (secondary N) is 1. The minimum atomic E-state index is -0.0878. The summed E-state index contributed by atoms with van der Waals surface area (Å²) in [5.41, 5.74) is 0.604. The first-order valence-electron chi connectivity index (χ1n) is 7.89. The van der Waals surface area contributed by atoms with Gasteiger partial charge in [0.15, 0.2) is 11.5 Å². The van der Waals surface area contributed by atoms with E-state index in [2.05, 4.69) is 27.9 Å². The first-order chi connectivity index (χ1) is 11.0. The molecular formula is C17H24INO4. The highest BCUT2D eigenvalue weighted by Crippen LogP contribution is 2.31. The van der Waals surface area contributed by atoms with Crippen molar-refractivity contribution in [3.63, 3.8) is 0 Å². The summed E-state index contributed by atoms with van der Waals surface area (Å²) in [6.45, 7) is 2.90. The van der Waals surface area contributed by atoms with E-state index in [0.717, 1.165) is 35.9 Å². The number of halogens is 1. The lowest BCUT2D eigenvalue weighted by atomic mass is 10.1. The van der Waals surface area contributed by atoms with Crippen LogP contribution in [-0.2, 0) is 4.74 Å². The Balaban J connectivity index is 1.96. The topological polar surface area (TPSA) is 56.8 Å². The Morgan fingerprint density at radius 3 is 2.70 bits per heavy atom. The van der Waals surface area contributed by atoms with Gasteiger partial charge in [0.25, 0.3) is 5.91 Å². The second-order valence-electron chi connectivity index (χ2n) is 5.77. The SMILES string of the molecule is COc1cc(I)c(C(=O)NC(C)CCC2CCCO2)cc1OC. The van der Waals surface area contributed by atoms with Crippen LogP contribution in [0.25, 0.3) is 0 Å². The lowest BCUT2D eigenvalue weighted by Gasteiger charge is -2.17. The van der Waals surface area contributed by atoms with E-state index >= 15 is 0 Å². The predicted octanol–water partition coefficient (Wildman–Crippen LogP) is 3.39. The van der Waals surface area contributed by atoms with E-state index in [0.29, 0.717) is 23.2 Å². The fourth-order valence-corrected chi connectivity index (χ4v) is 3.39. The molecule has 23 heavy (non-hydrogen) atoms. The molecule has 1 amide bonds. The van der Waals surface area contributed by atoms with Crippen molar-refractivity contribution >= 4 is 28.5 Å². The van der Waals surface area contributed by atoms with Crippen LogP contribution in [0.15, 0.2) is 12.1 Å². The van der Waals surface area contributed by atoms with Gasteiger partial charge in [-0.1, -0.05) is 0 Å². The zero-order chi connectivity index (χ0) is 16.8. The normalized spacial score (nSPS) is 18.5. The zero-order valence-electron chi connectivity index (χ0n) is 13.9. The molecule has 1 aromatic rings. The van der Waals surface area contributed by atoms with Gasteiger partial charge >= 0.3 is 0 Å². The van der Waals surface area contributed by atoms with Crippen molar-refractivity contribution in [3.05, 3.63) is 21.3 Å². The summed E-state index contributed by atoms with van der Waals surface area (Å²) in [6, 6.07) is 3.64. The number of methoxy groups -OCH3 is 2. The molecule has 0 saturated carbocycles. The van der Waals surface area contributed by atoms with Gasteiger partial charge in [0.05, 0.1) is 25.9 Å². The Morgan fingerprint density at radius 2 is 2.09 bits per heavy atom. The number of carbonyl (C=O) groups excluding carboxylic acids is 1. The lowest BCUT2D eigenvalue weighted by Crippen LogP contribution is -2.33. The van der Waals surface area contributed by atoms with Gasteiger partial charge in [-0.3, -0.25) is 4.79 Å². The van der Waals surface area contributed by atoms with Gasteiger partial charge in [0.1, 0.15) is 0 Å². The van der Waals surface area contributed by atoms with Gasteiger partial charge in [-0.2, -0.15) is 0 Å². The molecule has 1 aliphatic heterocycles. The van der Waals surface area contributed by atoms with Crippen LogP contribution >= 0.6 is 22.6 Å². The van der Waals surface area contributed by atoms with Crippen LogP contribution in [0.3, 0.4) is 0 Å². The van der Waals surface area contributed by atoms with Crippen molar-refractivity contribution in [3.8, 4) is 11.5 Å². The molecule has 2 rings (SSSR count). The van der Waals surface area contributed by atoms with E-state index in [1.54, 1.807) is 20.3 Å². The third kappa shape index (κ3) is 4.97. The van der Waals surface area contributed by atoms with Crippen molar-refractivity contribution in [2.24, 2.45) is 0 Å². The van der Waals surface area contributed by atoms with Crippen LogP contribution in [0.2, 0.25) is 0 Å². The molecule has 0 aromatic heterocycles. The molecule has 2 unspecified atom stereocenters. The maximum Gasteiger partial charge on any atom is 0.252 e. The Hall–Kier alpha value is -1.02. The second-order valence-corrected chi connectivity index (χ2v) is 6.94.